The number of hydrogen-bond acceptors (Lipinski definition) is 5. The van der Waals surface area contributed by atoms with Crippen LogP contribution in [0.4, 0.5) is 0 Å². The summed E-state index contributed by atoms with van der Waals surface area (Å²) in [4.78, 5) is 12.2. The number of fused-ring (bicyclic) bond motifs is 1. The van der Waals surface area contributed by atoms with Crippen LogP contribution in [0.2, 0.25) is 5.02 Å². The molecule has 0 atom stereocenters. The number of aromatic nitrogens is 2. The maximum Gasteiger partial charge on any atom is 0.269 e. The largest absolute Gasteiger partial charge is 0.495 e. The highest BCUT2D eigenvalue weighted by Crippen LogP contribution is 2.34. The van der Waals surface area contributed by atoms with Crippen LogP contribution in [0, 0.1) is 0 Å². The smallest absolute Gasteiger partial charge is 0.269 e. The first-order valence-electron chi connectivity index (χ1n) is 9.60. The van der Waals surface area contributed by atoms with Gasteiger partial charge in [0.25, 0.3) is 5.91 Å². The molecule has 0 bridgehead atoms. The average Bonchev–Trinajstić information content (AvgIpc) is 3.08. The third kappa shape index (κ3) is 3.86. The minimum atomic E-state index is -3.71. The van der Waals surface area contributed by atoms with Gasteiger partial charge < -0.3 is 10.1 Å². The predicted molar refractivity (Wildman–Crippen MR) is 108 cm³/mol. The first-order valence-corrected chi connectivity index (χ1v) is 11.4. The maximum atomic E-state index is 13.1. The highest BCUT2D eigenvalue weighted by Gasteiger charge is 2.33. The average molecular weight is 439 g/mol. The lowest BCUT2D eigenvalue weighted by atomic mass is 9.94. The molecule has 156 valence electrons. The van der Waals surface area contributed by atoms with E-state index in [1.165, 1.54) is 17.5 Å². The minimum Gasteiger partial charge on any atom is -0.495 e. The zero-order valence-corrected chi connectivity index (χ0v) is 17.7. The Labute approximate surface area is 174 Å². The van der Waals surface area contributed by atoms with Crippen LogP contribution in [0.25, 0.3) is 0 Å². The number of carbonyl (C=O) groups is 1. The molecule has 0 spiro atoms. The first kappa shape index (κ1) is 20.2. The van der Waals surface area contributed by atoms with Gasteiger partial charge in [0.05, 0.1) is 12.8 Å². The van der Waals surface area contributed by atoms with E-state index in [1.54, 1.807) is 16.8 Å². The Hall–Kier alpha value is -2.10. The zero-order chi connectivity index (χ0) is 20.6. The summed E-state index contributed by atoms with van der Waals surface area (Å²) in [5, 5.41) is 7.83. The second kappa shape index (κ2) is 7.97. The molecule has 2 aliphatic heterocycles. The molecule has 0 saturated carbocycles. The van der Waals surface area contributed by atoms with Crippen LogP contribution in [0.5, 0.6) is 5.75 Å². The highest BCUT2D eigenvalue weighted by atomic mass is 35.5. The van der Waals surface area contributed by atoms with E-state index in [1.807, 2.05) is 6.07 Å². The quantitative estimate of drug-likeness (QED) is 0.790. The van der Waals surface area contributed by atoms with Crippen molar-refractivity contribution in [2.24, 2.45) is 0 Å². The molecule has 1 saturated heterocycles. The molecule has 1 amide bonds. The van der Waals surface area contributed by atoms with E-state index < -0.39 is 10.0 Å². The van der Waals surface area contributed by atoms with Gasteiger partial charge >= 0.3 is 0 Å². The number of piperidine rings is 1. The van der Waals surface area contributed by atoms with Gasteiger partial charge in [-0.1, -0.05) is 11.6 Å². The van der Waals surface area contributed by atoms with E-state index >= 15 is 0 Å². The third-order valence-electron chi connectivity index (χ3n) is 5.48. The molecule has 2 aliphatic rings. The van der Waals surface area contributed by atoms with E-state index in [4.69, 9.17) is 16.3 Å². The van der Waals surface area contributed by atoms with Crippen LogP contribution in [-0.2, 0) is 16.6 Å². The van der Waals surface area contributed by atoms with Gasteiger partial charge in [-0.15, -0.1) is 0 Å². The molecule has 1 aromatic carbocycles. The van der Waals surface area contributed by atoms with Crippen molar-refractivity contribution in [3.8, 4) is 5.75 Å². The second-order valence-electron chi connectivity index (χ2n) is 7.26. The van der Waals surface area contributed by atoms with Gasteiger partial charge in [0, 0.05) is 37.1 Å². The SMILES string of the molecule is COc1ccc(Cl)cc1S(=O)(=O)N1CCC(c2cc3n(n2)CCCNC3=O)CC1. The number of nitrogens with zero attached hydrogens (tertiary/aromatic N) is 3. The number of methoxy groups -OCH3 is 1. The highest BCUT2D eigenvalue weighted by molar-refractivity contribution is 7.89. The molecular formula is C19H23ClN4O4S. The van der Waals surface area contributed by atoms with E-state index in [-0.39, 0.29) is 22.5 Å². The topological polar surface area (TPSA) is 93.5 Å². The summed E-state index contributed by atoms with van der Waals surface area (Å²) >= 11 is 6.01. The molecule has 2 aromatic rings. The van der Waals surface area contributed by atoms with Crippen molar-refractivity contribution in [2.75, 3.05) is 26.7 Å². The lowest BCUT2D eigenvalue weighted by molar-refractivity contribution is 0.0950. The molecule has 29 heavy (non-hydrogen) atoms. The lowest BCUT2D eigenvalue weighted by Gasteiger charge is -2.30. The fourth-order valence-corrected chi connectivity index (χ4v) is 5.78. The number of hydrogen-bond donors (Lipinski definition) is 1. The maximum absolute atomic E-state index is 13.1. The van der Waals surface area contributed by atoms with Crippen molar-refractivity contribution < 1.29 is 17.9 Å². The van der Waals surface area contributed by atoms with Crippen molar-refractivity contribution in [1.29, 1.82) is 0 Å². The number of ether oxygens (including phenoxy) is 1. The normalized spacial score (nSPS) is 18.8. The van der Waals surface area contributed by atoms with E-state index in [0.29, 0.717) is 49.7 Å². The fourth-order valence-electron chi connectivity index (χ4n) is 3.89. The summed E-state index contributed by atoms with van der Waals surface area (Å²) in [7, 11) is -2.28. The number of sulfonamides is 1. The molecule has 1 N–H and O–H groups in total. The van der Waals surface area contributed by atoms with Crippen LogP contribution in [-0.4, -0.2) is 55.2 Å². The van der Waals surface area contributed by atoms with Gasteiger partial charge in [-0.2, -0.15) is 9.40 Å². The predicted octanol–water partition coefficient (Wildman–Crippen LogP) is 2.25. The van der Waals surface area contributed by atoms with Crippen LogP contribution in [0.15, 0.2) is 29.2 Å². The molecule has 0 radical (unpaired) electrons. The Balaban J connectivity index is 1.51. The van der Waals surface area contributed by atoms with Crippen LogP contribution in [0.1, 0.15) is 41.4 Å². The fraction of sp³-hybridized carbons (Fsp3) is 0.474. The Morgan fingerprint density at radius 3 is 2.69 bits per heavy atom. The monoisotopic (exact) mass is 438 g/mol. The summed E-state index contributed by atoms with van der Waals surface area (Å²) in [6.07, 6.45) is 2.12. The van der Waals surface area contributed by atoms with E-state index in [9.17, 15) is 13.2 Å². The number of rotatable bonds is 4. The number of amides is 1. The van der Waals surface area contributed by atoms with Crippen molar-refractivity contribution in [2.45, 2.75) is 36.6 Å². The van der Waals surface area contributed by atoms with Gasteiger partial charge in [0.15, 0.2) is 0 Å². The Bertz CT molecular complexity index is 1030. The molecule has 4 rings (SSSR count). The van der Waals surface area contributed by atoms with Crippen LogP contribution >= 0.6 is 11.6 Å². The van der Waals surface area contributed by atoms with Gasteiger partial charge in [0.2, 0.25) is 10.0 Å². The molecule has 0 unspecified atom stereocenters. The number of benzene rings is 1. The van der Waals surface area contributed by atoms with Crippen molar-refractivity contribution in [1.82, 2.24) is 19.4 Å². The number of halogens is 1. The molecule has 1 aromatic heterocycles. The summed E-state index contributed by atoms with van der Waals surface area (Å²) in [5.74, 6) is 0.296. The summed E-state index contributed by atoms with van der Waals surface area (Å²) in [6.45, 7) is 2.10. The molecular weight excluding hydrogens is 416 g/mol. The van der Waals surface area contributed by atoms with Gasteiger partial charge in [0.1, 0.15) is 16.3 Å². The van der Waals surface area contributed by atoms with Crippen LogP contribution in [0.3, 0.4) is 0 Å². The molecule has 3 heterocycles. The van der Waals surface area contributed by atoms with E-state index in [0.717, 1.165) is 12.1 Å². The molecule has 8 nitrogen and oxygen atoms in total. The van der Waals surface area contributed by atoms with Crippen LogP contribution < -0.4 is 10.1 Å². The van der Waals surface area contributed by atoms with Gasteiger partial charge in [-0.05, 0) is 43.5 Å². The van der Waals surface area contributed by atoms with Gasteiger partial charge in [-0.25, -0.2) is 8.42 Å². The Kier molecular flexibility index (Phi) is 5.54. The van der Waals surface area contributed by atoms with Crippen molar-refractivity contribution in [3.05, 3.63) is 40.7 Å². The van der Waals surface area contributed by atoms with E-state index in [2.05, 4.69) is 10.4 Å². The Morgan fingerprint density at radius 2 is 1.97 bits per heavy atom. The summed E-state index contributed by atoms with van der Waals surface area (Å²) in [6, 6.07) is 6.43. The van der Waals surface area contributed by atoms with Gasteiger partial charge in [-0.3, -0.25) is 9.48 Å². The number of nitrogens with one attached hydrogen (secondary N) is 1. The molecule has 10 heteroatoms. The van der Waals surface area contributed by atoms with Crippen molar-refractivity contribution >= 4 is 27.5 Å². The first-order chi connectivity index (χ1) is 13.9. The van der Waals surface area contributed by atoms with Crippen molar-refractivity contribution in [3.63, 3.8) is 0 Å². The standard InChI is InChI=1S/C19H23ClN4O4S/c1-28-17-4-3-14(20)11-18(17)29(26,27)23-9-5-13(6-10-23)15-12-16-19(25)21-7-2-8-24(16)22-15/h3-4,11-13H,2,5-10H2,1H3,(H,21,25). The number of aryl methyl sites for hydroxylation is 1. The zero-order valence-electron chi connectivity index (χ0n) is 16.1. The lowest BCUT2D eigenvalue weighted by Crippen LogP contribution is -2.38. The second-order valence-corrected chi connectivity index (χ2v) is 9.60. The summed E-state index contributed by atoms with van der Waals surface area (Å²) in [5.41, 5.74) is 1.44. The molecule has 1 fully saturated rings. The minimum absolute atomic E-state index is 0.0799. The molecule has 0 aliphatic carbocycles. The summed E-state index contributed by atoms with van der Waals surface area (Å²) < 4.78 is 34.7. The number of carbonyl (C=O) groups excluding carboxylic acids is 1. The third-order valence-corrected chi connectivity index (χ3v) is 7.63. The Morgan fingerprint density at radius 1 is 1.21 bits per heavy atom.